The molecule has 5 heteroatoms. The average Bonchev–Trinajstić information content (AvgIpc) is 2.60. The Hall–Kier alpha value is -2.69. The summed E-state index contributed by atoms with van der Waals surface area (Å²) in [7, 11) is 3.23. The SMILES string of the molecule is COc1ccc(CNC(=O)[C@@H](C)Nc2ccccc2OC)cc1. The molecule has 0 bridgehead atoms. The number of para-hydroxylation sites is 2. The number of rotatable bonds is 7. The van der Waals surface area contributed by atoms with E-state index in [-0.39, 0.29) is 11.9 Å². The van der Waals surface area contributed by atoms with Crippen LogP contribution in [0.4, 0.5) is 5.69 Å². The summed E-state index contributed by atoms with van der Waals surface area (Å²) in [6.07, 6.45) is 0. The minimum Gasteiger partial charge on any atom is -0.497 e. The normalized spacial score (nSPS) is 11.4. The van der Waals surface area contributed by atoms with Gasteiger partial charge in [-0.15, -0.1) is 0 Å². The topological polar surface area (TPSA) is 59.6 Å². The number of carbonyl (C=O) groups is 1. The van der Waals surface area contributed by atoms with Crippen LogP contribution >= 0.6 is 0 Å². The summed E-state index contributed by atoms with van der Waals surface area (Å²) >= 11 is 0. The number of amides is 1. The van der Waals surface area contributed by atoms with Crippen LogP contribution in [0.3, 0.4) is 0 Å². The van der Waals surface area contributed by atoms with Crippen LogP contribution in [-0.4, -0.2) is 26.2 Å². The second-order valence-electron chi connectivity index (χ2n) is 5.13. The van der Waals surface area contributed by atoms with Gasteiger partial charge < -0.3 is 20.1 Å². The van der Waals surface area contributed by atoms with Crippen molar-refractivity contribution in [1.29, 1.82) is 0 Å². The van der Waals surface area contributed by atoms with Gasteiger partial charge in [0.2, 0.25) is 5.91 Å². The summed E-state index contributed by atoms with van der Waals surface area (Å²) in [5.74, 6) is 1.43. The van der Waals surface area contributed by atoms with Crippen LogP contribution in [0.15, 0.2) is 48.5 Å². The van der Waals surface area contributed by atoms with Gasteiger partial charge in [-0.1, -0.05) is 24.3 Å². The number of hydrogen-bond acceptors (Lipinski definition) is 4. The van der Waals surface area contributed by atoms with Crippen molar-refractivity contribution in [1.82, 2.24) is 5.32 Å². The number of ether oxygens (including phenoxy) is 2. The molecule has 2 N–H and O–H groups in total. The Kier molecular flexibility index (Phi) is 5.86. The molecule has 23 heavy (non-hydrogen) atoms. The number of carbonyl (C=O) groups excluding carboxylic acids is 1. The summed E-state index contributed by atoms with van der Waals surface area (Å²) in [4.78, 5) is 12.2. The van der Waals surface area contributed by atoms with Crippen LogP contribution < -0.4 is 20.1 Å². The zero-order valence-electron chi connectivity index (χ0n) is 13.6. The Bertz CT molecular complexity index is 641. The van der Waals surface area contributed by atoms with E-state index in [4.69, 9.17) is 9.47 Å². The first-order valence-corrected chi connectivity index (χ1v) is 7.44. The Morgan fingerprint density at radius 3 is 2.39 bits per heavy atom. The molecule has 2 aromatic carbocycles. The average molecular weight is 314 g/mol. The zero-order valence-corrected chi connectivity index (χ0v) is 13.6. The minimum absolute atomic E-state index is 0.0771. The lowest BCUT2D eigenvalue weighted by molar-refractivity contribution is -0.121. The molecule has 0 aliphatic carbocycles. The first-order chi connectivity index (χ1) is 11.1. The minimum atomic E-state index is -0.371. The lowest BCUT2D eigenvalue weighted by Gasteiger charge is -2.17. The van der Waals surface area contributed by atoms with Gasteiger partial charge in [-0.05, 0) is 36.8 Å². The number of anilines is 1. The van der Waals surface area contributed by atoms with Crippen LogP contribution in [0.2, 0.25) is 0 Å². The molecule has 2 rings (SSSR count). The lowest BCUT2D eigenvalue weighted by atomic mass is 10.2. The fraction of sp³-hybridized carbons (Fsp3) is 0.278. The van der Waals surface area contributed by atoms with Crippen molar-refractivity contribution in [3.63, 3.8) is 0 Å². The van der Waals surface area contributed by atoms with E-state index >= 15 is 0 Å². The van der Waals surface area contributed by atoms with Gasteiger partial charge in [0.25, 0.3) is 0 Å². The van der Waals surface area contributed by atoms with E-state index in [1.807, 2.05) is 55.5 Å². The molecule has 0 aromatic heterocycles. The van der Waals surface area contributed by atoms with E-state index in [2.05, 4.69) is 10.6 Å². The molecule has 0 heterocycles. The van der Waals surface area contributed by atoms with Crippen molar-refractivity contribution >= 4 is 11.6 Å². The largest absolute Gasteiger partial charge is 0.497 e. The highest BCUT2D eigenvalue weighted by Gasteiger charge is 2.14. The standard InChI is InChI=1S/C18H22N2O3/c1-13(20-16-6-4-5-7-17(16)23-3)18(21)19-12-14-8-10-15(22-2)11-9-14/h4-11,13,20H,12H2,1-3H3,(H,19,21)/t13-/m1/s1. The Balaban J connectivity index is 1.89. The number of hydrogen-bond donors (Lipinski definition) is 2. The van der Waals surface area contributed by atoms with Crippen LogP contribution in [0.5, 0.6) is 11.5 Å². The molecule has 5 nitrogen and oxygen atoms in total. The van der Waals surface area contributed by atoms with E-state index in [1.54, 1.807) is 14.2 Å². The fourth-order valence-electron chi connectivity index (χ4n) is 2.15. The fourth-order valence-corrected chi connectivity index (χ4v) is 2.15. The molecule has 0 saturated heterocycles. The highest BCUT2D eigenvalue weighted by Crippen LogP contribution is 2.23. The van der Waals surface area contributed by atoms with Crippen LogP contribution in [0.25, 0.3) is 0 Å². The van der Waals surface area contributed by atoms with Crippen LogP contribution in [-0.2, 0) is 11.3 Å². The third-order valence-corrected chi connectivity index (χ3v) is 3.50. The van der Waals surface area contributed by atoms with Crippen molar-refractivity contribution in [2.75, 3.05) is 19.5 Å². The first-order valence-electron chi connectivity index (χ1n) is 7.44. The molecule has 0 fully saturated rings. The monoisotopic (exact) mass is 314 g/mol. The van der Waals surface area contributed by atoms with Crippen molar-refractivity contribution < 1.29 is 14.3 Å². The molecule has 0 aliphatic rings. The van der Waals surface area contributed by atoms with Crippen LogP contribution in [0.1, 0.15) is 12.5 Å². The molecule has 1 atom stereocenters. The maximum atomic E-state index is 12.2. The van der Waals surface area contributed by atoms with Gasteiger partial charge >= 0.3 is 0 Å². The van der Waals surface area contributed by atoms with E-state index < -0.39 is 0 Å². The van der Waals surface area contributed by atoms with Gasteiger partial charge in [-0.25, -0.2) is 0 Å². The molecule has 122 valence electrons. The number of benzene rings is 2. The van der Waals surface area contributed by atoms with Gasteiger partial charge in [0, 0.05) is 6.54 Å². The molecule has 0 spiro atoms. The summed E-state index contributed by atoms with van der Waals surface area (Å²) in [6.45, 7) is 2.29. The number of methoxy groups -OCH3 is 2. The predicted octanol–water partition coefficient (Wildman–Crippen LogP) is 2.82. The molecule has 0 radical (unpaired) electrons. The van der Waals surface area contributed by atoms with Crippen LogP contribution in [0, 0.1) is 0 Å². The first kappa shape index (κ1) is 16.7. The van der Waals surface area contributed by atoms with Gasteiger partial charge in [-0.2, -0.15) is 0 Å². The smallest absolute Gasteiger partial charge is 0.242 e. The zero-order chi connectivity index (χ0) is 16.7. The second-order valence-corrected chi connectivity index (χ2v) is 5.13. The van der Waals surface area contributed by atoms with Crippen molar-refractivity contribution in [2.24, 2.45) is 0 Å². The van der Waals surface area contributed by atoms with E-state index in [1.165, 1.54) is 0 Å². The van der Waals surface area contributed by atoms with Crippen molar-refractivity contribution in [3.8, 4) is 11.5 Å². The quantitative estimate of drug-likeness (QED) is 0.825. The summed E-state index contributed by atoms with van der Waals surface area (Å²) in [5.41, 5.74) is 1.81. The molecular formula is C18H22N2O3. The van der Waals surface area contributed by atoms with Gasteiger partial charge in [0.15, 0.2) is 0 Å². The Morgan fingerprint density at radius 1 is 1.04 bits per heavy atom. The summed E-state index contributed by atoms with van der Waals surface area (Å²) in [6, 6.07) is 14.7. The summed E-state index contributed by atoms with van der Waals surface area (Å²) < 4.78 is 10.4. The molecule has 2 aromatic rings. The summed E-state index contributed by atoms with van der Waals surface area (Å²) in [5, 5.41) is 6.07. The van der Waals surface area contributed by atoms with Gasteiger partial charge in [-0.3, -0.25) is 4.79 Å². The third-order valence-electron chi connectivity index (χ3n) is 3.50. The molecule has 0 saturated carbocycles. The van der Waals surface area contributed by atoms with E-state index in [0.29, 0.717) is 12.3 Å². The molecular weight excluding hydrogens is 292 g/mol. The molecule has 1 amide bonds. The third kappa shape index (κ3) is 4.64. The Morgan fingerprint density at radius 2 is 1.74 bits per heavy atom. The van der Waals surface area contributed by atoms with Crippen molar-refractivity contribution in [2.45, 2.75) is 19.5 Å². The van der Waals surface area contributed by atoms with Crippen molar-refractivity contribution in [3.05, 3.63) is 54.1 Å². The van der Waals surface area contributed by atoms with Gasteiger partial charge in [0.1, 0.15) is 17.5 Å². The van der Waals surface area contributed by atoms with E-state index in [0.717, 1.165) is 17.0 Å². The Labute approximate surface area is 136 Å². The predicted molar refractivity (Wildman–Crippen MR) is 90.9 cm³/mol. The highest BCUT2D eigenvalue weighted by atomic mass is 16.5. The molecule has 0 unspecified atom stereocenters. The molecule has 0 aliphatic heterocycles. The lowest BCUT2D eigenvalue weighted by Crippen LogP contribution is -2.37. The maximum Gasteiger partial charge on any atom is 0.242 e. The number of nitrogens with one attached hydrogen (secondary N) is 2. The second kappa shape index (κ2) is 8.08. The maximum absolute atomic E-state index is 12.2. The highest BCUT2D eigenvalue weighted by molar-refractivity contribution is 5.84. The van der Waals surface area contributed by atoms with Gasteiger partial charge in [0.05, 0.1) is 19.9 Å². The van der Waals surface area contributed by atoms with E-state index in [9.17, 15) is 4.79 Å².